The molecule has 0 aliphatic rings. The molecule has 0 aliphatic heterocycles. The summed E-state index contributed by atoms with van der Waals surface area (Å²) >= 11 is 0. The maximum absolute atomic E-state index is 13.5. The number of ether oxygens (including phenoxy) is 1. The molecule has 0 aliphatic carbocycles. The Hall–Kier alpha value is -2.44. The SMILES string of the molecule is C=CCOC(=O)NCC(C(=O)O)c1cc(F)ccc1F. The summed E-state index contributed by atoms with van der Waals surface area (Å²) in [5.74, 6) is -4.43. The van der Waals surface area contributed by atoms with Crippen LogP contribution in [0.2, 0.25) is 0 Å². The van der Waals surface area contributed by atoms with E-state index in [0.29, 0.717) is 0 Å². The van der Waals surface area contributed by atoms with Crippen molar-refractivity contribution in [2.24, 2.45) is 0 Å². The van der Waals surface area contributed by atoms with E-state index in [-0.39, 0.29) is 12.2 Å². The molecule has 0 fully saturated rings. The van der Waals surface area contributed by atoms with Crippen LogP contribution in [0.1, 0.15) is 11.5 Å². The topological polar surface area (TPSA) is 75.6 Å². The lowest BCUT2D eigenvalue weighted by Crippen LogP contribution is -2.32. The van der Waals surface area contributed by atoms with Gasteiger partial charge in [0.05, 0.1) is 0 Å². The molecule has 20 heavy (non-hydrogen) atoms. The molecular weight excluding hydrogens is 272 g/mol. The normalized spacial score (nSPS) is 11.5. The average Bonchev–Trinajstić information content (AvgIpc) is 2.40. The molecule has 7 heteroatoms. The zero-order chi connectivity index (χ0) is 15.1. The van der Waals surface area contributed by atoms with Crippen LogP contribution in [0.25, 0.3) is 0 Å². The summed E-state index contributed by atoms with van der Waals surface area (Å²) in [6.07, 6.45) is 0.466. The van der Waals surface area contributed by atoms with Crippen LogP contribution in [-0.4, -0.2) is 30.3 Å². The number of rotatable bonds is 6. The Balaban J connectivity index is 2.79. The molecule has 1 rings (SSSR count). The van der Waals surface area contributed by atoms with E-state index in [9.17, 15) is 18.4 Å². The molecule has 1 atom stereocenters. The smallest absolute Gasteiger partial charge is 0.407 e. The van der Waals surface area contributed by atoms with Crippen LogP contribution in [-0.2, 0) is 9.53 Å². The summed E-state index contributed by atoms with van der Waals surface area (Å²) in [5.41, 5.74) is -0.346. The van der Waals surface area contributed by atoms with Crippen LogP contribution in [0.3, 0.4) is 0 Å². The highest BCUT2D eigenvalue weighted by molar-refractivity contribution is 5.77. The van der Waals surface area contributed by atoms with Crippen LogP contribution in [0.4, 0.5) is 13.6 Å². The van der Waals surface area contributed by atoms with E-state index < -0.39 is 36.2 Å². The van der Waals surface area contributed by atoms with E-state index in [0.717, 1.165) is 18.2 Å². The van der Waals surface area contributed by atoms with Gasteiger partial charge in [0.1, 0.15) is 24.2 Å². The Morgan fingerprint density at radius 3 is 2.75 bits per heavy atom. The van der Waals surface area contributed by atoms with E-state index in [1.165, 1.54) is 6.08 Å². The summed E-state index contributed by atoms with van der Waals surface area (Å²) < 4.78 is 31.2. The molecule has 1 aromatic carbocycles. The van der Waals surface area contributed by atoms with Gasteiger partial charge < -0.3 is 15.2 Å². The highest BCUT2D eigenvalue weighted by Gasteiger charge is 2.24. The van der Waals surface area contributed by atoms with Crippen molar-refractivity contribution in [2.75, 3.05) is 13.2 Å². The van der Waals surface area contributed by atoms with Crippen molar-refractivity contribution in [3.8, 4) is 0 Å². The number of carbonyl (C=O) groups excluding carboxylic acids is 1. The van der Waals surface area contributed by atoms with Crippen molar-refractivity contribution >= 4 is 12.1 Å². The summed E-state index contributed by atoms with van der Waals surface area (Å²) in [7, 11) is 0. The number of halogens is 2. The number of aliphatic carboxylic acids is 1. The third-order valence-corrected chi connectivity index (χ3v) is 2.41. The lowest BCUT2D eigenvalue weighted by molar-refractivity contribution is -0.138. The zero-order valence-corrected chi connectivity index (χ0v) is 10.4. The van der Waals surface area contributed by atoms with Crippen LogP contribution < -0.4 is 5.32 Å². The fourth-order valence-electron chi connectivity index (χ4n) is 1.48. The first-order chi connectivity index (χ1) is 9.45. The number of hydrogen-bond acceptors (Lipinski definition) is 3. The molecule has 1 amide bonds. The van der Waals surface area contributed by atoms with Gasteiger partial charge in [-0.3, -0.25) is 4.79 Å². The second kappa shape index (κ2) is 7.22. The van der Waals surface area contributed by atoms with Crippen LogP contribution in [0.5, 0.6) is 0 Å². The summed E-state index contributed by atoms with van der Waals surface area (Å²) in [5, 5.41) is 11.2. The van der Waals surface area contributed by atoms with Crippen LogP contribution in [0, 0.1) is 11.6 Å². The fraction of sp³-hybridized carbons (Fsp3) is 0.231. The van der Waals surface area contributed by atoms with Gasteiger partial charge in [0.25, 0.3) is 0 Å². The predicted molar refractivity (Wildman–Crippen MR) is 66.3 cm³/mol. The second-order valence-corrected chi connectivity index (χ2v) is 3.82. The molecule has 2 N–H and O–H groups in total. The highest BCUT2D eigenvalue weighted by Crippen LogP contribution is 2.20. The zero-order valence-electron chi connectivity index (χ0n) is 10.4. The van der Waals surface area contributed by atoms with Crippen molar-refractivity contribution in [3.05, 3.63) is 48.1 Å². The third kappa shape index (κ3) is 4.34. The lowest BCUT2D eigenvalue weighted by atomic mass is 9.98. The predicted octanol–water partition coefficient (Wildman–Crippen LogP) is 2.05. The monoisotopic (exact) mass is 285 g/mol. The molecule has 1 unspecified atom stereocenters. The molecular formula is C13H13F2NO4. The first kappa shape index (κ1) is 15.6. The average molecular weight is 285 g/mol. The van der Waals surface area contributed by atoms with E-state index >= 15 is 0 Å². The first-order valence-corrected chi connectivity index (χ1v) is 5.65. The van der Waals surface area contributed by atoms with Gasteiger partial charge in [-0.1, -0.05) is 12.7 Å². The molecule has 5 nitrogen and oxygen atoms in total. The van der Waals surface area contributed by atoms with Crippen molar-refractivity contribution in [2.45, 2.75) is 5.92 Å². The Kier molecular flexibility index (Phi) is 5.64. The fourth-order valence-corrected chi connectivity index (χ4v) is 1.48. The molecule has 0 aromatic heterocycles. The number of alkyl carbamates (subject to hydrolysis) is 1. The lowest BCUT2D eigenvalue weighted by Gasteiger charge is -2.14. The molecule has 0 heterocycles. The molecule has 0 spiro atoms. The van der Waals surface area contributed by atoms with Crippen molar-refractivity contribution in [3.63, 3.8) is 0 Å². The Morgan fingerprint density at radius 1 is 1.45 bits per heavy atom. The Morgan fingerprint density at radius 2 is 2.15 bits per heavy atom. The number of carboxylic acids is 1. The van der Waals surface area contributed by atoms with Gasteiger partial charge >= 0.3 is 12.1 Å². The number of carbonyl (C=O) groups is 2. The quantitative estimate of drug-likeness (QED) is 0.784. The van der Waals surface area contributed by atoms with Gasteiger partial charge in [-0.05, 0) is 18.2 Å². The summed E-state index contributed by atoms with van der Waals surface area (Å²) in [6.45, 7) is 2.87. The summed E-state index contributed by atoms with van der Waals surface area (Å²) in [4.78, 5) is 22.3. The maximum atomic E-state index is 13.5. The standard InChI is InChI=1S/C13H13F2NO4/c1-2-5-20-13(19)16-7-10(12(17)18)9-6-8(14)3-4-11(9)15/h2-4,6,10H,1,5,7H2,(H,16,19)(H,17,18). The third-order valence-electron chi connectivity index (χ3n) is 2.41. The van der Waals surface area contributed by atoms with Gasteiger partial charge in [-0.15, -0.1) is 0 Å². The maximum Gasteiger partial charge on any atom is 0.407 e. The van der Waals surface area contributed by atoms with Gasteiger partial charge in [-0.2, -0.15) is 0 Å². The number of benzene rings is 1. The largest absolute Gasteiger partial charge is 0.481 e. The van der Waals surface area contributed by atoms with Crippen LogP contribution >= 0.6 is 0 Å². The van der Waals surface area contributed by atoms with Gasteiger partial charge in [0.15, 0.2) is 0 Å². The number of amides is 1. The first-order valence-electron chi connectivity index (χ1n) is 5.65. The molecule has 108 valence electrons. The van der Waals surface area contributed by atoms with E-state index in [2.05, 4.69) is 16.6 Å². The van der Waals surface area contributed by atoms with Crippen molar-refractivity contribution in [1.29, 1.82) is 0 Å². The molecule has 0 bridgehead atoms. The van der Waals surface area contributed by atoms with Gasteiger partial charge in [-0.25, -0.2) is 13.6 Å². The van der Waals surface area contributed by atoms with Crippen molar-refractivity contribution in [1.82, 2.24) is 5.32 Å². The second-order valence-electron chi connectivity index (χ2n) is 3.82. The summed E-state index contributed by atoms with van der Waals surface area (Å²) in [6, 6.07) is 2.49. The van der Waals surface area contributed by atoms with Crippen molar-refractivity contribution < 1.29 is 28.2 Å². The number of hydrogen-bond donors (Lipinski definition) is 2. The molecule has 1 aromatic rings. The van der Waals surface area contributed by atoms with E-state index in [1.54, 1.807) is 0 Å². The van der Waals surface area contributed by atoms with Crippen LogP contribution in [0.15, 0.2) is 30.9 Å². The Labute approximate surface area is 113 Å². The highest BCUT2D eigenvalue weighted by atomic mass is 19.1. The minimum atomic E-state index is -1.41. The molecule has 0 radical (unpaired) electrons. The Bertz CT molecular complexity index is 519. The molecule has 0 saturated heterocycles. The van der Waals surface area contributed by atoms with E-state index in [1.807, 2.05) is 0 Å². The molecule has 0 saturated carbocycles. The van der Waals surface area contributed by atoms with Gasteiger partial charge in [0, 0.05) is 12.1 Å². The minimum absolute atomic E-state index is 0.0438. The minimum Gasteiger partial charge on any atom is -0.481 e. The number of carboxylic acid groups (broad SMARTS) is 1. The number of nitrogens with one attached hydrogen (secondary N) is 1. The van der Waals surface area contributed by atoms with E-state index in [4.69, 9.17) is 5.11 Å². The van der Waals surface area contributed by atoms with Gasteiger partial charge in [0.2, 0.25) is 0 Å².